The van der Waals surface area contributed by atoms with Gasteiger partial charge >= 0.3 is 6.61 Å². The van der Waals surface area contributed by atoms with Gasteiger partial charge in [0.25, 0.3) is 0 Å². The molecule has 0 spiro atoms. The van der Waals surface area contributed by atoms with Crippen molar-refractivity contribution >= 4 is 11.6 Å². The van der Waals surface area contributed by atoms with Crippen molar-refractivity contribution < 1.29 is 18.6 Å². The first kappa shape index (κ1) is 18.3. The number of nitrogens with one attached hydrogen (secondary N) is 2. The summed E-state index contributed by atoms with van der Waals surface area (Å²) in [6.45, 7) is 1.57. The average Bonchev–Trinajstić information content (AvgIpc) is 3.01. The third kappa shape index (κ3) is 5.23. The zero-order valence-corrected chi connectivity index (χ0v) is 13.7. The van der Waals surface area contributed by atoms with E-state index >= 15 is 0 Å². The van der Waals surface area contributed by atoms with Crippen LogP contribution in [0.25, 0.3) is 0 Å². The number of aliphatic hydroxyl groups is 1. The number of benzene rings is 1. The van der Waals surface area contributed by atoms with Crippen LogP contribution < -0.4 is 20.3 Å². The molecule has 0 bridgehead atoms. The smallest absolute Gasteiger partial charge is 0.387 e. The molecule has 0 radical (unpaired) electrons. The van der Waals surface area contributed by atoms with Crippen LogP contribution in [0.3, 0.4) is 0 Å². The Balaban J connectivity index is 2.00. The fourth-order valence-electron chi connectivity index (χ4n) is 2.69. The Bertz CT molecular complexity index is 543. The van der Waals surface area contributed by atoms with Crippen molar-refractivity contribution in [1.29, 1.82) is 0 Å². The van der Waals surface area contributed by atoms with Gasteiger partial charge in [-0.25, -0.2) is 0 Å². The largest absolute Gasteiger partial charge is 0.433 e. The van der Waals surface area contributed by atoms with Gasteiger partial charge in [-0.05, 0) is 25.5 Å². The average molecular weight is 342 g/mol. The lowest BCUT2D eigenvalue weighted by atomic mass is 10.2. The van der Waals surface area contributed by atoms with Crippen LogP contribution in [-0.4, -0.2) is 56.5 Å². The highest BCUT2D eigenvalue weighted by atomic mass is 19.3. The second-order valence-electron chi connectivity index (χ2n) is 5.41. The Labute approximate surface area is 140 Å². The second-order valence-corrected chi connectivity index (χ2v) is 5.41. The van der Waals surface area contributed by atoms with Gasteiger partial charge < -0.3 is 25.4 Å². The molecule has 0 amide bonds. The van der Waals surface area contributed by atoms with E-state index < -0.39 is 6.61 Å². The standard InChI is InChI=1S/C16H24F2N4O2/c1-2-19-16(20-8-10-23)21-12-7-9-22(11-12)13-5-3-4-6-14(13)24-15(17)18/h3-6,12,15,23H,2,7-11H2,1H3,(H2,19,20,21). The van der Waals surface area contributed by atoms with E-state index in [1.54, 1.807) is 24.3 Å². The van der Waals surface area contributed by atoms with E-state index in [-0.39, 0.29) is 18.4 Å². The van der Waals surface area contributed by atoms with Crippen molar-refractivity contribution in [3.8, 4) is 5.75 Å². The molecule has 1 aromatic rings. The summed E-state index contributed by atoms with van der Waals surface area (Å²) in [6.07, 6.45) is 0.854. The van der Waals surface area contributed by atoms with Crippen LogP contribution in [0, 0.1) is 0 Å². The summed E-state index contributed by atoms with van der Waals surface area (Å²) < 4.78 is 29.7. The van der Waals surface area contributed by atoms with E-state index in [1.165, 1.54) is 0 Å². The lowest BCUT2D eigenvalue weighted by Gasteiger charge is -2.22. The maximum Gasteiger partial charge on any atom is 0.387 e. The quantitative estimate of drug-likeness (QED) is 0.516. The molecular weight excluding hydrogens is 318 g/mol. The number of alkyl halides is 2. The predicted molar refractivity (Wildman–Crippen MR) is 89.9 cm³/mol. The topological polar surface area (TPSA) is 69.1 Å². The molecule has 8 heteroatoms. The third-order valence-corrected chi connectivity index (χ3v) is 3.67. The molecule has 3 N–H and O–H groups in total. The maximum atomic E-state index is 12.5. The molecule has 0 aliphatic carbocycles. The van der Waals surface area contributed by atoms with Gasteiger partial charge in [0, 0.05) is 25.7 Å². The highest BCUT2D eigenvalue weighted by molar-refractivity contribution is 5.80. The summed E-state index contributed by atoms with van der Waals surface area (Å²) >= 11 is 0. The first-order valence-electron chi connectivity index (χ1n) is 8.08. The van der Waals surface area contributed by atoms with Gasteiger partial charge in [-0.3, -0.25) is 4.99 Å². The molecule has 1 fully saturated rings. The number of aliphatic imine (C=N–C) groups is 1. The minimum atomic E-state index is -2.84. The highest BCUT2D eigenvalue weighted by Crippen LogP contribution is 2.31. The monoisotopic (exact) mass is 342 g/mol. The SMILES string of the molecule is CCNC(=NCCO)NC1CCN(c2ccccc2OC(F)F)C1. The van der Waals surface area contributed by atoms with Gasteiger partial charge in [-0.2, -0.15) is 8.78 Å². The van der Waals surface area contributed by atoms with E-state index in [2.05, 4.69) is 20.4 Å². The number of aliphatic hydroxyl groups excluding tert-OH is 1. The van der Waals surface area contributed by atoms with Crippen molar-refractivity contribution in [3.05, 3.63) is 24.3 Å². The summed E-state index contributed by atoms with van der Waals surface area (Å²) in [6, 6.07) is 6.96. The molecular formula is C16H24F2N4O2. The van der Waals surface area contributed by atoms with Crippen molar-refractivity contribution in [2.24, 2.45) is 4.99 Å². The summed E-state index contributed by atoms with van der Waals surface area (Å²) in [5, 5.41) is 15.3. The molecule has 2 rings (SSSR count). The van der Waals surface area contributed by atoms with Crippen LogP contribution in [-0.2, 0) is 0 Å². The van der Waals surface area contributed by atoms with E-state index in [0.717, 1.165) is 19.5 Å². The second kappa shape index (κ2) is 9.27. The molecule has 6 nitrogen and oxygen atoms in total. The number of para-hydroxylation sites is 2. The van der Waals surface area contributed by atoms with Gasteiger partial charge in [-0.15, -0.1) is 0 Å². The molecule has 1 aromatic carbocycles. The lowest BCUT2D eigenvalue weighted by Crippen LogP contribution is -2.44. The van der Waals surface area contributed by atoms with Gasteiger partial charge in [0.2, 0.25) is 0 Å². The highest BCUT2D eigenvalue weighted by Gasteiger charge is 2.25. The number of rotatable bonds is 7. The summed E-state index contributed by atoms with van der Waals surface area (Å²) in [4.78, 5) is 6.27. The van der Waals surface area contributed by atoms with Crippen molar-refractivity contribution in [1.82, 2.24) is 10.6 Å². The number of hydrogen-bond acceptors (Lipinski definition) is 4. The third-order valence-electron chi connectivity index (χ3n) is 3.67. The molecule has 0 aromatic heterocycles. The fraction of sp³-hybridized carbons (Fsp3) is 0.562. The molecule has 1 atom stereocenters. The van der Waals surface area contributed by atoms with Crippen LogP contribution in [0.15, 0.2) is 29.3 Å². The van der Waals surface area contributed by atoms with E-state index in [1.807, 2.05) is 11.8 Å². The van der Waals surface area contributed by atoms with Gasteiger partial charge in [0.05, 0.1) is 18.8 Å². The molecule has 24 heavy (non-hydrogen) atoms. The maximum absolute atomic E-state index is 12.5. The first-order chi connectivity index (χ1) is 11.6. The minimum absolute atomic E-state index is 0.00823. The predicted octanol–water partition coefficient (Wildman–Crippen LogP) is 1.41. The first-order valence-corrected chi connectivity index (χ1v) is 8.08. The van der Waals surface area contributed by atoms with Gasteiger partial charge in [0.1, 0.15) is 5.75 Å². The van der Waals surface area contributed by atoms with Gasteiger partial charge in [-0.1, -0.05) is 12.1 Å². The number of guanidine groups is 1. The Hall–Kier alpha value is -2.09. The normalized spacial score (nSPS) is 18.1. The van der Waals surface area contributed by atoms with Crippen molar-refractivity contribution in [3.63, 3.8) is 0 Å². The summed E-state index contributed by atoms with van der Waals surface area (Å²) in [7, 11) is 0. The van der Waals surface area contributed by atoms with Crippen LogP contribution >= 0.6 is 0 Å². The Kier molecular flexibility index (Phi) is 7.05. The Morgan fingerprint density at radius 1 is 1.46 bits per heavy atom. The zero-order valence-electron chi connectivity index (χ0n) is 13.7. The summed E-state index contributed by atoms with van der Waals surface area (Å²) in [5.41, 5.74) is 0.666. The fourth-order valence-corrected chi connectivity index (χ4v) is 2.69. The molecule has 1 aliphatic heterocycles. The van der Waals surface area contributed by atoms with E-state index in [9.17, 15) is 8.78 Å². The Morgan fingerprint density at radius 2 is 2.25 bits per heavy atom. The molecule has 1 unspecified atom stereocenters. The zero-order chi connectivity index (χ0) is 17.4. The van der Waals surface area contributed by atoms with Crippen molar-refractivity contribution in [2.45, 2.75) is 26.0 Å². The molecule has 1 heterocycles. The van der Waals surface area contributed by atoms with E-state index in [0.29, 0.717) is 24.7 Å². The van der Waals surface area contributed by atoms with Crippen LogP contribution in [0.5, 0.6) is 5.75 Å². The van der Waals surface area contributed by atoms with Crippen LogP contribution in [0.2, 0.25) is 0 Å². The van der Waals surface area contributed by atoms with E-state index in [4.69, 9.17) is 5.11 Å². The number of nitrogens with zero attached hydrogens (tertiary/aromatic N) is 2. The van der Waals surface area contributed by atoms with Crippen LogP contribution in [0.4, 0.5) is 14.5 Å². The minimum Gasteiger partial charge on any atom is -0.433 e. The number of hydrogen-bond donors (Lipinski definition) is 3. The number of ether oxygens (including phenoxy) is 1. The molecule has 0 saturated carbocycles. The molecule has 1 aliphatic rings. The molecule has 1 saturated heterocycles. The number of anilines is 1. The van der Waals surface area contributed by atoms with Gasteiger partial charge in [0.15, 0.2) is 5.96 Å². The lowest BCUT2D eigenvalue weighted by molar-refractivity contribution is -0.0495. The summed E-state index contributed by atoms with van der Waals surface area (Å²) in [5.74, 6) is 0.838. The number of halogens is 2. The molecule has 134 valence electrons. The Morgan fingerprint density at radius 3 is 2.96 bits per heavy atom. The van der Waals surface area contributed by atoms with Crippen LogP contribution in [0.1, 0.15) is 13.3 Å². The van der Waals surface area contributed by atoms with Crippen molar-refractivity contribution in [2.75, 3.05) is 37.7 Å².